The first-order chi connectivity index (χ1) is 12.7. The second kappa shape index (κ2) is 7.54. The Morgan fingerprint density at radius 2 is 1.77 bits per heavy atom. The van der Waals surface area contributed by atoms with Gasteiger partial charge >= 0.3 is 0 Å². The summed E-state index contributed by atoms with van der Waals surface area (Å²) in [6.07, 6.45) is 4.34. The van der Waals surface area contributed by atoms with Crippen LogP contribution in [-0.4, -0.2) is 34.2 Å². The summed E-state index contributed by atoms with van der Waals surface area (Å²) in [7, 11) is 0. The molecule has 0 N–H and O–H groups in total. The Kier molecular flexibility index (Phi) is 4.98. The molecular weight excluding hydrogens is 347 g/mol. The van der Waals surface area contributed by atoms with Crippen molar-refractivity contribution < 1.29 is 9.18 Å². The Morgan fingerprint density at radius 1 is 1.04 bits per heavy atom. The molecule has 1 fully saturated rings. The lowest BCUT2D eigenvalue weighted by atomic mass is 10.2. The number of benzene rings is 2. The van der Waals surface area contributed by atoms with Crippen LogP contribution in [0.2, 0.25) is 0 Å². The molecule has 0 unspecified atom stereocenters. The van der Waals surface area contributed by atoms with Gasteiger partial charge in [0.25, 0.3) is 0 Å². The molecule has 0 aliphatic carbocycles. The van der Waals surface area contributed by atoms with E-state index in [1.54, 1.807) is 11.8 Å². The molecule has 5 heteroatoms. The number of para-hydroxylation sites is 1. The summed E-state index contributed by atoms with van der Waals surface area (Å²) in [6, 6.07) is 14.8. The molecule has 3 nitrogen and oxygen atoms in total. The van der Waals surface area contributed by atoms with Crippen LogP contribution in [0.5, 0.6) is 0 Å². The van der Waals surface area contributed by atoms with Crippen LogP contribution >= 0.6 is 11.8 Å². The summed E-state index contributed by atoms with van der Waals surface area (Å²) < 4.78 is 15.3. The molecule has 1 saturated heterocycles. The Hall–Kier alpha value is -2.27. The number of hydrogen-bond donors (Lipinski definition) is 0. The summed E-state index contributed by atoms with van der Waals surface area (Å²) in [5, 5.41) is 1.16. The second-order valence-corrected chi connectivity index (χ2v) is 7.66. The van der Waals surface area contributed by atoms with Gasteiger partial charge in [-0.05, 0) is 36.6 Å². The van der Waals surface area contributed by atoms with Crippen molar-refractivity contribution in [3.8, 4) is 0 Å². The number of nitrogens with zero attached hydrogens (tertiary/aromatic N) is 2. The number of carbonyl (C=O) groups excluding carboxylic acids is 1. The quantitative estimate of drug-likeness (QED) is 0.618. The van der Waals surface area contributed by atoms with E-state index in [9.17, 15) is 9.18 Å². The largest absolute Gasteiger partial charge is 0.342 e. The third-order valence-electron chi connectivity index (χ3n) is 4.83. The highest BCUT2D eigenvalue weighted by molar-refractivity contribution is 8.00. The summed E-state index contributed by atoms with van der Waals surface area (Å²) in [6.45, 7) is 2.47. The Bertz CT molecular complexity index is 913. The summed E-state index contributed by atoms with van der Waals surface area (Å²) in [4.78, 5) is 15.4. The standard InChI is InChI=1S/C21H21FN2OS/c22-17-9-7-16(8-10-17)13-24-14-20(18-5-1-2-6-19(18)24)26-15-21(25)23-11-3-4-12-23/h1-2,5-10,14H,3-4,11-13,15H2. The van der Waals surface area contributed by atoms with Gasteiger partial charge in [0.1, 0.15) is 5.82 Å². The third-order valence-corrected chi connectivity index (χ3v) is 5.86. The fraction of sp³-hybridized carbons (Fsp3) is 0.286. The van der Waals surface area contributed by atoms with Crippen molar-refractivity contribution >= 4 is 28.6 Å². The van der Waals surface area contributed by atoms with Gasteiger partial charge in [0.2, 0.25) is 5.91 Å². The minimum atomic E-state index is -0.220. The monoisotopic (exact) mass is 368 g/mol. The van der Waals surface area contributed by atoms with Crippen molar-refractivity contribution in [3.63, 3.8) is 0 Å². The third kappa shape index (κ3) is 3.63. The maximum Gasteiger partial charge on any atom is 0.232 e. The van der Waals surface area contributed by atoms with Crippen LogP contribution in [-0.2, 0) is 11.3 Å². The number of likely N-dealkylation sites (tertiary alicyclic amines) is 1. The van der Waals surface area contributed by atoms with Gasteiger partial charge in [-0.15, -0.1) is 11.8 Å². The van der Waals surface area contributed by atoms with E-state index in [0.29, 0.717) is 12.3 Å². The Balaban J connectivity index is 1.55. The molecular formula is C21H21FN2OS. The first-order valence-corrected chi connectivity index (χ1v) is 9.92. The molecule has 3 aromatic rings. The van der Waals surface area contributed by atoms with E-state index in [4.69, 9.17) is 0 Å². The molecule has 0 atom stereocenters. The van der Waals surface area contributed by atoms with Crippen LogP contribution in [0.15, 0.2) is 59.6 Å². The number of carbonyl (C=O) groups is 1. The number of hydrogen-bond acceptors (Lipinski definition) is 2. The van der Waals surface area contributed by atoms with Crippen molar-refractivity contribution in [1.82, 2.24) is 9.47 Å². The highest BCUT2D eigenvalue weighted by atomic mass is 32.2. The molecule has 26 heavy (non-hydrogen) atoms. The van der Waals surface area contributed by atoms with Gasteiger partial charge in [-0.25, -0.2) is 4.39 Å². The van der Waals surface area contributed by atoms with Gasteiger partial charge in [0, 0.05) is 41.6 Å². The van der Waals surface area contributed by atoms with E-state index in [1.165, 1.54) is 12.1 Å². The normalized spacial score (nSPS) is 14.3. The maximum absolute atomic E-state index is 13.1. The maximum atomic E-state index is 13.1. The van der Waals surface area contributed by atoms with Gasteiger partial charge in [0.15, 0.2) is 0 Å². The zero-order valence-electron chi connectivity index (χ0n) is 14.5. The lowest BCUT2D eigenvalue weighted by molar-refractivity contribution is -0.127. The number of amides is 1. The zero-order chi connectivity index (χ0) is 17.9. The first-order valence-electron chi connectivity index (χ1n) is 8.93. The SMILES string of the molecule is O=C(CSc1cn(Cc2ccc(F)cc2)c2ccccc12)N1CCCC1. The number of fused-ring (bicyclic) bond motifs is 1. The molecule has 1 amide bonds. The van der Waals surface area contributed by atoms with E-state index < -0.39 is 0 Å². The highest BCUT2D eigenvalue weighted by Crippen LogP contribution is 2.31. The molecule has 0 radical (unpaired) electrons. The average Bonchev–Trinajstić information content (AvgIpc) is 3.31. The number of aromatic nitrogens is 1. The molecule has 2 aromatic carbocycles. The molecule has 1 aliphatic rings. The van der Waals surface area contributed by atoms with E-state index in [-0.39, 0.29) is 11.7 Å². The second-order valence-electron chi connectivity index (χ2n) is 6.64. The Labute approximate surface area is 156 Å². The molecule has 1 aromatic heterocycles. The molecule has 2 heterocycles. The fourth-order valence-corrected chi connectivity index (χ4v) is 4.43. The molecule has 0 saturated carbocycles. The first kappa shape index (κ1) is 17.2. The van der Waals surface area contributed by atoms with Crippen molar-refractivity contribution in [1.29, 1.82) is 0 Å². The van der Waals surface area contributed by atoms with Gasteiger partial charge in [0.05, 0.1) is 5.75 Å². The summed E-state index contributed by atoms with van der Waals surface area (Å²) in [5.41, 5.74) is 2.18. The highest BCUT2D eigenvalue weighted by Gasteiger charge is 2.18. The Morgan fingerprint density at radius 3 is 2.54 bits per heavy atom. The van der Waals surface area contributed by atoms with Crippen LogP contribution < -0.4 is 0 Å². The average molecular weight is 368 g/mol. The van der Waals surface area contributed by atoms with Crippen molar-refractivity contribution in [2.75, 3.05) is 18.8 Å². The molecule has 4 rings (SSSR count). The minimum Gasteiger partial charge on any atom is -0.342 e. The minimum absolute atomic E-state index is 0.220. The van der Waals surface area contributed by atoms with E-state index in [2.05, 4.69) is 22.9 Å². The van der Waals surface area contributed by atoms with Gasteiger partial charge < -0.3 is 9.47 Å². The van der Waals surface area contributed by atoms with E-state index in [1.807, 2.05) is 29.2 Å². The fourth-order valence-electron chi connectivity index (χ4n) is 3.44. The molecule has 0 bridgehead atoms. The number of halogens is 1. The van der Waals surface area contributed by atoms with Crippen LogP contribution in [0.3, 0.4) is 0 Å². The lowest BCUT2D eigenvalue weighted by Gasteiger charge is -2.14. The lowest BCUT2D eigenvalue weighted by Crippen LogP contribution is -2.29. The van der Waals surface area contributed by atoms with Crippen LogP contribution in [0.1, 0.15) is 18.4 Å². The molecule has 134 valence electrons. The zero-order valence-corrected chi connectivity index (χ0v) is 15.3. The predicted molar refractivity (Wildman–Crippen MR) is 104 cm³/mol. The van der Waals surface area contributed by atoms with Crippen molar-refractivity contribution in [2.45, 2.75) is 24.3 Å². The van der Waals surface area contributed by atoms with Crippen LogP contribution in [0.4, 0.5) is 4.39 Å². The number of thioether (sulfide) groups is 1. The summed E-state index contributed by atoms with van der Waals surface area (Å²) >= 11 is 1.61. The van der Waals surface area contributed by atoms with E-state index in [0.717, 1.165) is 47.3 Å². The van der Waals surface area contributed by atoms with Gasteiger partial charge in [-0.1, -0.05) is 30.3 Å². The van der Waals surface area contributed by atoms with Crippen LogP contribution in [0, 0.1) is 5.82 Å². The smallest absolute Gasteiger partial charge is 0.232 e. The van der Waals surface area contributed by atoms with E-state index >= 15 is 0 Å². The number of rotatable bonds is 5. The van der Waals surface area contributed by atoms with Crippen molar-refractivity contribution in [3.05, 3.63) is 66.1 Å². The van der Waals surface area contributed by atoms with Crippen LogP contribution in [0.25, 0.3) is 10.9 Å². The van der Waals surface area contributed by atoms with Gasteiger partial charge in [-0.2, -0.15) is 0 Å². The molecule has 1 aliphatic heterocycles. The topological polar surface area (TPSA) is 25.2 Å². The van der Waals surface area contributed by atoms with Crippen molar-refractivity contribution in [2.24, 2.45) is 0 Å². The molecule has 0 spiro atoms. The summed E-state index contributed by atoms with van der Waals surface area (Å²) in [5.74, 6) is 0.482. The predicted octanol–water partition coefficient (Wildman–Crippen LogP) is 4.54. The van der Waals surface area contributed by atoms with Gasteiger partial charge in [-0.3, -0.25) is 4.79 Å².